The average molecular weight is 386 g/mol. The summed E-state index contributed by atoms with van der Waals surface area (Å²) in [5.41, 5.74) is 5.81. The molecule has 0 fully saturated rings. The molecule has 6 nitrogen and oxygen atoms in total. The SMILES string of the molecule is CCC(CC)c1cc(C)nn2c(-c3sc(C(=O)N(C)C)nc3C)c(C)nc12. The van der Waals surface area contributed by atoms with Crippen LogP contribution in [0.5, 0.6) is 0 Å². The van der Waals surface area contributed by atoms with Crippen molar-refractivity contribution in [3.05, 3.63) is 33.7 Å². The largest absolute Gasteiger partial charge is 0.343 e. The molecule has 3 rings (SSSR count). The van der Waals surface area contributed by atoms with E-state index in [-0.39, 0.29) is 5.91 Å². The topological polar surface area (TPSA) is 63.4 Å². The van der Waals surface area contributed by atoms with Gasteiger partial charge in [-0.1, -0.05) is 13.8 Å². The monoisotopic (exact) mass is 385 g/mol. The van der Waals surface area contributed by atoms with E-state index in [4.69, 9.17) is 10.1 Å². The maximum Gasteiger partial charge on any atom is 0.282 e. The summed E-state index contributed by atoms with van der Waals surface area (Å²) < 4.78 is 1.95. The third-order valence-electron chi connectivity index (χ3n) is 4.94. The Morgan fingerprint density at radius 2 is 1.81 bits per heavy atom. The lowest BCUT2D eigenvalue weighted by Gasteiger charge is -2.14. The molecule has 0 unspecified atom stereocenters. The molecule has 3 aromatic heterocycles. The molecule has 0 N–H and O–H groups in total. The van der Waals surface area contributed by atoms with Crippen molar-refractivity contribution in [2.45, 2.75) is 53.4 Å². The van der Waals surface area contributed by atoms with Crippen LogP contribution in [0.2, 0.25) is 0 Å². The molecule has 1 amide bonds. The molecule has 144 valence electrons. The zero-order valence-electron chi connectivity index (χ0n) is 17.1. The molecule has 0 spiro atoms. The van der Waals surface area contributed by atoms with Crippen LogP contribution in [0.25, 0.3) is 16.2 Å². The highest BCUT2D eigenvalue weighted by atomic mass is 32.1. The molecule has 0 saturated heterocycles. The zero-order valence-corrected chi connectivity index (χ0v) is 17.9. The van der Waals surface area contributed by atoms with Crippen LogP contribution in [0.4, 0.5) is 0 Å². The van der Waals surface area contributed by atoms with E-state index in [2.05, 4.69) is 24.9 Å². The van der Waals surface area contributed by atoms with Crippen LogP contribution >= 0.6 is 11.3 Å². The Kier molecular flexibility index (Phi) is 5.33. The van der Waals surface area contributed by atoms with Crippen molar-refractivity contribution < 1.29 is 4.79 Å². The lowest BCUT2D eigenvalue weighted by Crippen LogP contribution is -2.21. The summed E-state index contributed by atoms with van der Waals surface area (Å²) in [6, 6.07) is 2.16. The van der Waals surface area contributed by atoms with Crippen molar-refractivity contribution in [2.75, 3.05) is 14.1 Å². The van der Waals surface area contributed by atoms with Crippen LogP contribution in [0.15, 0.2) is 6.07 Å². The highest BCUT2D eigenvalue weighted by molar-refractivity contribution is 7.17. The summed E-state index contributed by atoms with van der Waals surface area (Å²) >= 11 is 1.41. The summed E-state index contributed by atoms with van der Waals surface area (Å²) in [5, 5.41) is 5.25. The van der Waals surface area contributed by atoms with Crippen LogP contribution < -0.4 is 0 Å². The highest BCUT2D eigenvalue weighted by Crippen LogP contribution is 2.35. The van der Waals surface area contributed by atoms with Crippen molar-refractivity contribution >= 4 is 22.9 Å². The third-order valence-corrected chi connectivity index (χ3v) is 6.09. The fraction of sp³-hybridized carbons (Fsp3) is 0.500. The van der Waals surface area contributed by atoms with Gasteiger partial charge in [-0.2, -0.15) is 5.10 Å². The van der Waals surface area contributed by atoms with E-state index in [1.54, 1.807) is 19.0 Å². The number of hydrogen-bond acceptors (Lipinski definition) is 5. The predicted octanol–water partition coefficient (Wildman–Crippen LogP) is 4.38. The van der Waals surface area contributed by atoms with Crippen molar-refractivity contribution in [3.8, 4) is 10.6 Å². The maximum absolute atomic E-state index is 12.3. The molecule has 0 aliphatic heterocycles. The molecule has 0 atom stereocenters. The molecule has 0 saturated carbocycles. The molecule has 7 heteroatoms. The molecule has 0 aliphatic rings. The number of carbonyl (C=O) groups is 1. The van der Waals surface area contributed by atoms with Crippen molar-refractivity contribution in [2.24, 2.45) is 0 Å². The summed E-state index contributed by atoms with van der Waals surface area (Å²) in [5.74, 6) is 0.375. The lowest BCUT2D eigenvalue weighted by atomic mass is 9.95. The van der Waals surface area contributed by atoms with Gasteiger partial charge in [0.2, 0.25) is 0 Å². The van der Waals surface area contributed by atoms with Gasteiger partial charge >= 0.3 is 0 Å². The number of imidazole rings is 1. The van der Waals surface area contributed by atoms with Gasteiger partial charge in [-0.25, -0.2) is 14.5 Å². The smallest absolute Gasteiger partial charge is 0.282 e. The van der Waals surface area contributed by atoms with E-state index in [0.29, 0.717) is 10.9 Å². The normalized spacial score (nSPS) is 11.6. The van der Waals surface area contributed by atoms with Gasteiger partial charge in [0, 0.05) is 19.7 Å². The zero-order chi connectivity index (χ0) is 19.9. The van der Waals surface area contributed by atoms with Gasteiger partial charge in [0.15, 0.2) is 10.7 Å². The standard InChI is InChI=1S/C20H27N5OS/c1-8-14(9-2)15-10-11(3)23-25-16(12(4)21-18(15)25)17-13(5)22-19(27-17)20(26)24(6)7/h10,14H,8-9H2,1-7H3. The van der Waals surface area contributed by atoms with E-state index in [1.165, 1.54) is 16.9 Å². The molecular weight excluding hydrogens is 358 g/mol. The summed E-state index contributed by atoms with van der Waals surface area (Å²) in [4.78, 5) is 24.2. The van der Waals surface area contributed by atoms with Crippen LogP contribution in [0.1, 0.15) is 65.1 Å². The summed E-state index contributed by atoms with van der Waals surface area (Å²) in [7, 11) is 3.48. The number of amides is 1. The second-order valence-corrected chi connectivity index (χ2v) is 8.17. The third kappa shape index (κ3) is 3.36. The van der Waals surface area contributed by atoms with Gasteiger partial charge in [0.1, 0.15) is 5.69 Å². The molecule has 0 aliphatic carbocycles. The number of nitrogens with zero attached hydrogens (tertiary/aromatic N) is 5. The fourth-order valence-electron chi connectivity index (χ4n) is 3.47. The first-order valence-electron chi connectivity index (χ1n) is 9.34. The molecule has 0 radical (unpaired) electrons. The number of thiazole rings is 1. The molecule has 0 aromatic carbocycles. The molecule has 0 bridgehead atoms. The van der Waals surface area contributed by atoms with Gasteiger partial charge in [-0.3, -0.25) is 4.79 Å². The Bertz CT molecular complexity index is 998. The summed E-state index contributed by atoms with van der Waals surface area (Å²) in [6.07, 6.45) is 2.13. The Hall–Kier alpha value is -2.28. The number of rotatable bonds is 5. The first-order valence-corrected chi connectivity index (χ1v) is 10.2. The first kappa shape index (κ1) is 19.5. The first-order chi connectivity index (χ1) is 12.8. The van der Waals surface area contributed by atoms with Crippen LogP contribution in [-0.4, -0.2) is 44.5 Å². The molecule has 27 heavy (non-hydrogen) atoms. The van der Waals surface area contributed by atoms with E-state index in [1.807, 2.05) is 25.3 Å². The molecular formula is C20H27N5OS. The Morgan fingerprint density at radius 3 is 2.41 bits per heavy atom. The number of fused-ring (bicyclic) bond motifs is 1. The Balaban J connectivity index is 2.25. The maximum atomic E-state index is 12.3. The lowest BCUT2D eigenvalue weighted by molar-refractivity contribution is 0.0827. The minimum Gasteiger partial charge on any atom is -0.343 e. The predicted molar refractivity (Wildman–Crippen MR) is 110 cm³/mol. The van der Waals surface area contributed by atoms with Gasteiger partial charge < -0.3 is 4.90 Å². The Morgan fingerprint density at radius 1 is 1.15 bits per heavy atom. The minimum atomic E-state index is -0.0808. The second-order valence-electron chi connectivity index (χ2n) is 7.17. The number of aryl methyl sites for hydroxylation is 3. The van der Waals surface area contributed by atoms with E-state index < -0.39 is 0 Å². The number of carbonyl (C=O) groups excluding carboxylic acids is 1. The summed E-state index contributed by atoms with van der Waals surface area (Å²) in [6.45, 7) is 10.4. The van der Waals surface area contributed by atoms with Gasteiger partial charge in [-0.15, -0.1) is 11.3 Å². The quantitative estimate of drug-likeness (QED) is 0.654. The van der Waals surface area contributed by atoms with Crippen molar-refractivity contribution in [1.29, 1.82) is 0 Å². The van der Waals surface area contributed by atoms with E-state index in [9.17, 15) is 4.79 Å². The van der Waals surface area contributed by atoms with E-state index in [0.717, 1.165) is 46.1 Å². The fourth-order valence-corrected chi connectivity index (χ4v) is 4.64. The van der Waals surface area contributed by atoms with Gasteiger partial charge in [0.05, 0.1) is 22.0 Å². The average Bonchev–Trinajstić information content (AvgIpc) is 3.14. The molecule has 3 heterocycles. The van der Waals surface area contributed by atoms with Crippen LogP contribution in [0.3, 0.4) is 0 Å². The molecule has 3 aromatic rings. The van der Waals surface area contributed by atoms with Gasteiger partial charge in [0.25, 0.3) is 5.91 Å². The minimum absolute atomic E-state index is 0.0808. The van der Waals surface area contributed by atoms with Crippen molar-refractivity contribution in [1.82, 2.24) is 24.5 Å². The Labute approximate surface area is 164 Å². The van der Waals surface area contributed by atoms with Crippen LogP contribution in [-0.2, 0) is 0 Å². The van der Waals surface area contributed by atoms with Crippen LogP contribution in [0, 0.1) is 20.8 Å². The van der Waals surface area contributed by atoms with Gasteiger partial charge in [-0.05, 0) is 45.6 Å². The van der Waals surface area contributed by atoms with Crippen molar-refractivity contribution in [3.63, 3.8) is 0 Å². The number of hydrogen-bond donors (Lipinski definition) is 0. The second kappa shape index (κ2) is 7.38. The number of aromatic nitrogens is 4. The van der Waals surface area contributed by atoms with E-state index >= 15 is 0 Å². The highest BCUT2D eigenvalue weighted by Gasteiger charge is 2.24.